The minimum atomic E-state index is -1.16. The number of anilines is 1. The predicted molar refractivity (Wildman–Crippen MR) is 169 cm³/mol. The number of methoxy groups -OCH3 is 1. The summed E-state index contributed by atoms with van der Waals surface area (Å²) in [5.41, 5.74) is 5.24. The van der Waals surface area contributed by atoms with E-state index in [1.54, 1.807) is 18.4 Å². The monoisotopic (exact) mass is 604 g/mol. The van der Waals surface area contributed by atoms with Gasteiger partial charge in [-0.3, -0.25) is 4.68 Å². The molecule has 218 valence electrons. The number of fused-ring (bicyclic) bond motifs is 2. The highest BCUT2D eigenvalue weighted by molar-refractivity contribution is 7.22. The van der Waals surface area contributed by atoms with Crippen LogP contribution in [0.3, 0.4) is 0 Å². The van der Waals surface area contributed by atoms with Crippen molar-refractivity contribution in [2.75, 3.05) is 25.1 Å². The summed E-state index contributed by atoms with van der Waals surface area (Å²) in [4.78, 5) is 19.9. The first-order valence-electron chi connectivity index (χ1n) is 13.8. The molecule has 3 heterocycles. The number of thiazole rings is 1. The lowest BCUT2D eigenvalue weighted by Gasteiger charge is -2.38. The van der Waals surface area contributed by atoms with Crippen molar-refractivity contribution in [2.45, 2.75) is 45.5 Å². The highest BCUT2D eigenvalue weighted by atomic mass is 35.5. The molecule has 1 fully saturated rings. The number of hydrogen-bond donors (Lipinski definition) is 1. The van der Waals surface area contributed by atoms with Crippen LogP contribution in [0.5, 0.6) is 0 Å². The Morgan fingerprint density at radius 1 is 1.12 bits per heavy atom. The standard InChI is InChI=1S/C32H33ClN4O4S/c1-17-13-23-28(26(18-7-10-20(33)11-8-18)25(17)27(31(38)39)41-32(2,3)4)42-30(34-23)19-9-12-24-22(14-19)29(35-36(24)5)37-15-21(16-37)40-6/h7-14,21,27H,15-16H2,1-6H3,(H,38,39)/t27-/m0/s1. The van der Waals surface area contributed by atoms with E-state index in [4.69, 9.17) is 31.2 Å². The van der Waals surface area contributed by atoms with Gasteiger partial charge in [-0.05, 0) is 75.2 Å². The first-order chi connectivity index (χ1) is 19.9. The zero-order valence-corrected chi connectivity index (χ0v) is 26.0. The van der Waals surface area contributed by atoms with Crippen LogP contribution < -0.4 is 4.90 Å². The van der Waals surface area contributed by atoms with Gasteiger partial charge in [-0.25, -0.2) is 9.78 Å². The average molecular weight is 605 g/mol. The number of aryl methyl sites for hydroxylation is 2. The van der Waals surface area contributed by atoms with E-state index in [9.17, 15) is 9.90 Å². The Labute approximate surface area is 253 Å². The van der Waals surface area contributed by atoms with Gasteiger partial charge in [0.15, 0.2) is 11.9 Å². The molecule has 1 N–H and O–H groups in total. The molecular formula is C32H33ClN4O4S. The van der Waals surface area contributed by atoms with Crippen LogP contribution in [0, 0.1) is 6.92 Å². The van der Waals surface area contributed by atoms with Crippen molar-refractivity contribution < 1.29 is 19.4 Å². The van der Waals surface area contributed by atoms with Gasteiger partial charge in [-0.2, -0.15) is 5.10 Å². The largest absolute Gasteiger partial charge is 0.479 e. The molecule has 1 saturated heterocycles. The maximum atomic E-state index is 12.6. The number of hydrogen-bond acceptors (Lipinski definition) is 7. The third-order valence-electron chi connectivity index (χ3n) is 7.58. The number of aliphatic carboxylic acids is 1. The van der Waals surface area contributed by atoms with Crippen molar-refractivity contribution in [3.63, 3.8) is 0 Å². The van der Waals surface area contributed by atoms with Gasteiger partial charge in [-0.15, -0.1) is 11.3 Å². The predicted octanol–water partition coefficient (Wildman–Crippen LogP) is 7.25. The van der Waals surface area contributed by atoms with E-state index in [1.165, 1.54) is 0 Å². The normalized spacial score (nSPS) is 15.0. The maximum Gasteiger partial charge on any atom is 0.337 e. The molecule has 10 heteroatoms. The molecular weight excluding hydrogens is 572 g/mol. The fraction of sp³-hybridized carbons (Fsp3) is 0.344. The minimum absolute atomic E-state index is 0.218. The first kappa shape index (κ1) is 28.6. The number of halogens is 1. The van der Waals surface area contributed by atoms with Gasteiger partial charge < -0.3 is 19.5 Å². The molecule has 42 heavy (non-hydrogen) atoms. The molecule has 2 aromatic heterocycles. The van der Waals surface area contributed by atoms with Gasteiger partial charge in [-0.1, -0.05) is 23.7 Å². The van der Waals surface area contributed by atoms with Gasteiger partial charge in [0.2, 0.25) is 0 Å². The first-order valence-corrected chi connectivity index (χ1v) is 15.0. The summed E-state index contributed by atoms with van der Waals surface area (Å²) in [6, 6.07) is 15.7. The second kappa shape index (κ2) is 10.6. The average Bonchev–Trinajstić information content (AvgIpc) is 3.47. The van der Waals surface area contributed by atoms with Crippen molar-refractivity contribution in [1.29, 1.82) is 0 Å². The minimum Gasteiger partial charge on any atom is -0.479 e. The number of aromatic nitrogens is 3. The summed E-state index contributed by atoms with van der Waals surface area (Å²) in [6.07, 6.45) is -0.942. The van der Waals surface area contributed by atoms with Crippen molar-refractivity contribution in [3.8, 4) is 21.7 Å². The van der Waals surface area contributed by atoms with Gasteiger partial charge in [0.1, 0.15) is 5.01 Å². The quantitative estimate of drug-likeness (QED) is 0.209. The molecule has 0 radical (unpaired) electrons. The van der Waals surface area contributed by atoms with E-state index < -0.39 is 17.7 Å². The van der Waals surface area contributed by atoms with Gasteiger partial charge >= 0.3 is 5.97 Å². The fourth-order valence-electron chi connectivity index (χ4n) is 5.54. The third-order valence-corrected chi connectivity index (χ3v) is 8.97. The van der Waals surface area contributed by atoms with E-state index >= 15 is 0 Å². The lowest BCUT2D eigenvalue weighted by atomic mass is 9.91. The van der Waals surface area contributed by atoms with Gasteiger partial charge in [0, 0.05) is 54.3 Å². The molecule has 1 aliphatic rings. The van der Waals surface area contributed by atoms with Crippen LogP contribution >= 0.6 is 22.9 Å². The molecule has 5 aromatic rings. The smallest absolute Gasteiger partial charge is 0.337 e. The summed E-state index contributed by atoms with van der Waals surface area (Å²) in [6.45, 7) is 9.12. The number of rotatable bonds is 7. The van der Waals surface area contributed by atoms with Gasteiger partial charge in [0.05, 0.1) is 27.4 Å². The fourth-order valence-corrected chi connectivity index (χ4v) is 6.78. The second-order valence-electron chi connectivity index (χ2n) is 11.7. The van der Waals surface area contributed by atoms with Crippen LogP contribution in [0.15, 0.2) is 48.5 Å². The molecule has 0 saturated carbocycles. The summed E-state index contributed by atoms with van der Waals surface area (Å²) in [5, 5.41) is 17.6. The van der Waals surface area contributed by atoms with E-state index in [0.29, 0.717) is 10.6 Å². The summed E-state index contributed by atoms with van der Waals surface area (Å²) in [7, 11) is 3.70. The molecule has 0 aliphatic carbocycles. The van der Waals surface area contributed by atoms with Crippen molar-refractivity contribution in [3.05, 3.63) is 64.7 Å². The molecule has 8 nitrogen and oxygen atoms in total. The number of carboxylic acid groups (broad SMARTS) is 1. The number of carbonyl (C=O) groups is 1. The Morgan fingerprint density at radius 3 is 2.45 bits per heavy atom. The molecule has 1 aliphatic heterocycles. The Hall–Kier alpha value is -3.50. The van der Waals surface area contributed by atoms with Crippen LogP contribution in [0.4, 0.5) is 5.82 Å². The molecule has 1 atom stereocenters. The van der Waals surface area contributed by atoms with E-state index in [-0.39, 0.29) is 6.10 Å². The van der Waals surface area contributed by atoms with E-state index in [1.807, 2.05) is 69.8 Å². The summed E-state index contributed by atoms with van der Waals surface area (Å²) < 4.78 is 14.4. The van der Waals surface area contributed by atoms with Crippen LogP contribution in [0.2, 0.25) is 5.02 Å². The zero-order valence-electron chi connectivity index (χ0n) is 24.4. The molecule has 6 rings (SSSR count). The molecule has 0 bridgehead atoms. The number of carboxylic acids is 1. The number of benzene rings is 3. The number of ether oxygens (including phenoxy) is 2. The van der Waals surface area contributed by atoms with Crippen LogP contribution in [0.25, 0.3) is 42.8 Å². The van der Waals surface area contributed by atoms with Crippen LogP contribution in [0.1, 0.15) is 38.0 Å². The van der Waals surface area contributed by atoms with Crippen LogP contribution in [-0.4, -0.2) is 57.7 Å². The molecule has 0 unspecified atom stereocenters. The molecule has 0 spiro atoms. The lowest BCUT2D eigenvalue weighted by Crippen LogP contribution is -2.52. The Balaban J connectivity index is 1.54. The zero-order chi connectivity index (χ0) is 29.9. The summed E-state index contributed by atoms with van der Waals surface area (Å²) in [5.74, 6) is -0.101. The molecule has 3 aromatic carbocycles. The van der Waals surface area contributed by atoms with Crippen molar-refractivity contribution in [2.24, 2.45) is 7.05 Å². The topological polar surface area (TPSA) is 89.7 Å². The summed E-state index contributed by atoms with van der Waals surface area (Å²) >= 11 is 7.79. The Morgan fingerprint density at radius 2 is 1.81 bits per heavy atom. The van der Waals surface area contributed by atoms with Crippen molar-refractivity contribution in [1.82, 2.24) is 14.8 Å². The second-order valence-corrected chi connectivity index (χ2v) is 13.2. The SMILES string of the molecule is COC1CN(c2nn(C)c3ccc(-c4nc5cc(C)c([C@H](OC(C)(C)C)C(=O)O)c(-c6ccc(Cl)cc6)c5s4)cc23)C1. The lowest BCUT2D eigenvalue weighted by molar-refractivity contribution is -0.160. The Kier molecular flexibility index (Phi) is 7.25. The number of nitrogens with zero attached hydrogens (tertiary/aromatic N) is 4. The molecule has 0 amide bonds. The van der Waals surface area contributed by atoms with E-state index in [2.05, 4.69) is 23.1 Å². The van der Waals surface area contributed by atoms with Crippen molar-refractivity contribution >= 4 is 55.8 Å². The highest BCUT2D eigenvalue weighted by Crippen LogP contribution is 2.45. The third kappa shape index (κ3) is 5.15. The Bertz CT molecular complexity index is 1820. The van der Waals surface area contributed by atoms with Crippen LogP contribution in [-0.2, 0) is 21.3 Å². The maximum absolute atomic E-state index is 12.6. The van der Waals surface area contributed by atoms with E-state index in [0.717, 1.165) is 67.3 Å². The van der Waals surface area contributed by atoms with Gasteiger partial charge in [0.25, 0.3) is 0 Å². The highest BCUT2D eigenvalue weighted by Gasteiger charge is 2.33.